The van der Waals surface area contributed by atoms with Gasteiger partial charge in [0.15, 0.2) is 5.82 Å². The monoisotopic (exact) mass is 245 g/mol. The van der Waals surface area contributed by atoms with Crippen molar-refractivity contribution in [2.24, 2.45) is 18.2 Å². The van der Waals surface area contributed by atoms with Gasteiger partial charge in [0.1, 0.15) is 5.52 Å². The molecule has 96 valence electrons. The van der Waals surface area contributed by atoms with E-state index in [2.05, 4.69) is 15.3 Å². The van der Waals surface area contributed by atoms with Gasteiger partial charge in [0.25, 0.3) is 0 Å². The quantitative estimate of drug-likeness (QED) is 0.837. The first-order chi connectivity index (χ1) is 8.74. The Morgan fingerprint density at radius 2 is 2.28 bits per heavy atom. The normalized spacial score (nSPS) is 17.0. The van der Waals surface area contributed by atoms with Crippen LogP contribution in [0.15, 0.2) is 18.6 Å². The molecular formula is C13H19N5. The van der Waals surface area contributed by atoms with Crippen molar-refractivity contribution in [3.8, 4) is 0 Å². The number of hydrogen-bond donors (Lipinski definition) is 2. The van der Waals surface area contributed by atoms with E-state index in [1.165, 1.54) is 12.8 Å². The summed E-state index contributed by atoms with van der Waals surface area (Å²) in [5.74, 6) is 0.886. The lowest BCUT2D eigenvalue weighted by Gasteiger charge is -2.15. The van der Waals surface area contributed by atoms with Crippen molar-refractivity contribution in [2.45, 2.75) is 19.3 Å². The third-order valence-corrected chi connectivity index (χ3v) is 3.91. The number of aromatic nitrogens is 3. The Kier molecular flexibility index (Phi) is 2.70. The fraction of sp³-hybridized carbons (Fsp3) is 0.538. The van der Waals surface area contributed by atoms with Crippen LogP contribution in [-0.4, -0.2) is 27.6 Å². The maximum atomic E-state index is 5.66. The van der Waals surface area contributed by atoms with Crippen LogP contribution in [0.4, 0.5) is 5.82 Å². The zero-order chi connectivity index (χ0) is 12.6. The number of fused-ring (bicyclic) bond motifs is 1. The molecule has 2 aromatic heterocycles. The molecule has 0 saturated heterocycles. The van der Waals surface area contributed by atoms with Crippen molar-refractivity contribution >= 4 is 16.9 Å². The van der Waals surface area contributed by atoms with Gasteiger partial charge in [0.05, 0.1) is 11.8 Å². The number of aryl methyl sites for hydroxylation is 1. The molecule has 2 aromatic rings. The van der Waals surface area contributed by atoms with Crippen molar-refractivity contribution in [2.75, 3.05) is 18.4 Å². The Labute approximate surface area is 106 Å². The molecule has 18 heavy (non-hydrogen) atoms. The number of anilines is 1. The highest BCUT2D eigenvalue weighted by Gasteiger charge is 2.41. The summed E-state index contributed by atoms with van der Waals surface area (Å²) in [7, 11) is 2.00. The van der Waals surface area contributed by atoms with Crippen LogP contribution in [-0.2, 0) is 7.05 Å². The minimum absolute atomic E-state index is 0.410. The van der Waals surface area contributed by atoms with E-state index >= 15 is 0 Å². The Hall–Kier alpha value is -1.62. The third kappa shape index (κ3) is 1.95. The summed E-state index contributed by atoms with van der Waals surface area (Å²) in [4.78, 5) is 8.79. The number of nitrogens with zero attached hydrogens (tertiary/aromatic N) is 3. The maximum absolute atomic E-state index is 5.66. The van der Waals surface area contributed by atoms with E-state index in [0.29, 0.717) is 5.41 Å². The van der Waals surface area contributed by atoms with Crippen LogP contribution < -0.4 is 11.1 Å². The molecule has 5 heteroatoms. The van der Waals surface area contributed by atoms with Crippen LogP contribution in [0.25, 0.3) is 11.0 Å². The van der Waals surface area contributed by atoms with E-state index in [9.17, 15) is 0 Å². The smallest absolute Gasteiger partial charge is 0.154 e. The third-order valence-electron chi connectivity index (χ3n) is 3.91. The fourth-order valence-corrected chi connectivity index (χ4v) is 2.46. The summed E-state index contributed by atoms with van der Waals surface area (Å²) >= 11 is 0. The first-order valence-corrected chi connectivity index (χ1v) is 6.44. The SMILES string of the molecule is Cn1cnc2c(NCC3(CCN)CC3)nccc21. The standard InChI is InChI=1S/C13H19N5/c1-18-9-17-11-10(18)2-7-15-12(11)16-8-13(3-4-13)5-6-14/h2,7,9H,3-6,8,14H2,1H3,(H,15,16). The lowest BCUT2D eigenvalue weighted by atomic mass is 10.0. The van der Waals surface area contributed by atoms with Gasteiger partial charge in [-0.2, -0.15) is 0 Å². The second kappa shape index (κ2) is 4.24. The summed E-state index contributed by atoms with van der Waals surface area (Å²) in [5.41, 5.74) is 8.12. The van der Waals surface area contributed by atoms with Crippen molar-refractivity contribution in [1.29, 1.82) is 0 Å². The molecule has 1 aliphatic rings. The minimum atomic E-state index is 0.410. The van der Waals surface area contributed by atoms with Gasteiger partial charge in [-0.25, -0.2) is 9.97 Å². The minimum Gasteiger partial charge on any atom is -0.368 e. The molecule has 0 spiro atoms. The molecular weight excluding hydrogens is 226 g/mol. The van der Waals surface area contributed by atoms with Crippen molar-refractivity contribution in [3.63, 3.8) is 0 Å². The van der Waals surface area contributed by atoms with Crippen molar-refractivity contribution in [3.05, 3.63) is 18.6 Å². The van der Waals surface area contributed by atoms with Gasteiger partial charge in [-0.05, 0) is 37.3 Å². The molecule has 3 N–H and O–H groups in total. The average Bonchev–Trinajstić information content (AvgIpc) is 3.04. The predicted octanol–water partition coefficient (Wildman–Crippen LogP) is 1.51. The zero-order valence-corrected chi connectivity index (χ0v) is 10.7. The number of imidazole rings is 1. The molecule has 0 radical (unpaired) electrons. The van der Waals surface area contributed by atoms with Gasteiger partial charge in [-0.3, -0.25) is 0 Å². The molecule has 1 fully saturated rings. The first-order valence-electron chi connectivity index (χ1n) is 6.44. The molecule has 0 aliphatic heterocycles. The Balaban J connectivity index is 1.79. The van der Waals surface area contributed by atoms with E-state index in [1.807, 2.05) is 30.2 Å². The molecule has 0 atom stereocenters. The highest BCUT2D eigenvalue weighted by atomic mass is 15.1. The lowest BCUT2D eigenvalue weighted by molar-refractivity contribution is 0.501. The summed E-state index contributed by atoms with van der Waals surface area (Å²) in [6.07, 6.45) is 7.29. The predicted molar refractivity (Wildman–Crippen MR) is 72.3 cm³/mol. The molecule has 0 unspecified atom stereocenters. The van der Waals surface area contributed by atoms with Crippen molar-refractivity contribution in [1.82, 2.24) is 14.5 Å². The van der Waals surface area contributed by atoms with Crippen LogP contribution in [0.2, 0.25) is 0 Å². The van der Waals surface area contributed by atoms with Crippen LogP contribution in [0.3, 0.4) is 0 Å². The Morgan fingerprint density at radius 1 is 1.44 bits per heavy atom. The Bertz CT molecular complexity index is 556. The highest BCUT2D eigenvalue weighted by molar-refractivity contribution is 5.85. The second-order valence-corrected chi connectivity index (χ2v) is 5.27. The first kappa shape index (κ1) is 11.5. The van der Waals surface area contributed by atoms with Crippen molar-refractivity contribution < 1.29 is 0 Å². The molecule has 3 rings (SSSR count). The largest absolute Gasteiger partial charge is 0.368 e. The van der Waals surface area contributed by atoms with Gasteiger partial charge >= 0.3 is 0 Å². The van der Waals surface area contributed by atoms with E-state index in [-0.39, 0.29) is 0 Å². The summed E-state index contributed by atoms with van der Waals surface area (Å²) in [6, 6.07) is 1.99. The van der Waals surface area contributed by atoms with E-state index in [0.717, 1.165) is 36.4 Å². The number of hydrogen-bond acceptors (Lipinski definition) is 4. The van der Waals surface area contributed by atoms with Crippen LogP contribution in [0.1, 0.15) is 19.3 Å². The van der Waals surface area contributed by atoms with Gasteiger partial charge in [-0.1, -0.05) is 0 Å². The van der Waals surface area contributed by atoms with Gasteiger partial charge in [0, 0.05) is 19.8 Å². The van der Waals surface area contributed by atoms with Gasteiger partial charge in [0.2, 0.25) is 0 Å². The fourth-order valence-electron chi connectivity index (χ4n) is 2.46. The number of nitrogens with two attached hydrogens (primary N) is 1. The van der Waals surface area contributed by atoms with Crippen LogP contribution in [0, 0.1) is 5.41 Å². The molecule has 2 heterocycles. The number of nitrogens with one attached hydrogen (secondary N) is 1. The van der Waals surface area contributed by atoms with E-state index in [1.54, 1.807) is 0 Å². The molecule has 0 aromatic carbocycles. The second-order valence-electron chi connectivity index (χ2n) is 5.27. The maximum Gasteiger partial charge on any atom is 0.154 e. The van der Waals surface area contributed by atoms with E-state index in [4.69, 9.17) is 5.73 Å². The lowest BCUT2D eigenvalue weighted by Crippen LogP contribution is -2.19. The molecule has 5 nitrogen and oxygen atoms in total. The van der Waals surface area contributed by atoms with Gasteiger partial charge < -0.3 is 15.6 Å². The molecule has 1 aliphatic carbocycles. The topological polar surface area (TPSA) is 68.8 Å². The average molecular weight is 245 g/mol. The highest BCUT2D eigenvalue weighted by Crippen LogP contribution is 2.48. The molecule has 0 amide bonds. The van der Waals surface area contributed by atoms with Gasteiger partial charge in [-0.15, -0.1) is 0 Å². The summed E-state index contributed by atoms with van der Waals surface area (Å²) in [6.45, 7) is 1.72. The van der Waals surface area contributed by atoms with Crippen LogP contribution >= 0.6 is 0 Å². The zero-order valence-electron chi connectivity index (χ0n) is 10.7. The molecule has 0 bridgehead atoms. The summed E-state index contributed by atoms with van der Waals surface area (Å²) in [5, 5.41) is 3.45. The Morgan fingerprint density at radius 3 is 3.00 bits per heavy atom. The number of rotatable bonds is 5. The summed E-state index contributed by atoms with van der Waals surface area (Å²) < 4.78 is 2.01. The molecule has 1 saturated carbocycles. The van der Waals surface area contributed by atoms with Crippen LogP contribution in [0.5, 0.6) is 0 Å². The number of pyridine rings is 1. The van der Waals surface area contributed by atoms with E-state index < -0.39 is 0 Å².